The zero-order chi connectivity index (χ0) is 17.7. The third kappa shape index (κ3) is 4.33. The summed E-state index contributed by atoms with van der Waals surface area (Å²) < 4.78 is 11.1. The van der Waals surface area contributed by atoms with E-state index in [4.69, 9.17) is 9.47 Å². The van der Waals surface area contributed by atoms with E-state index in [-0.39, 0.29) is 5.91 Å². The van der Waals surface area contributed by atoms with E-state index in [0.717, 1.165) is 51.4 Å². The van der Waals surface area contributed by atoms with Crippen molar-refractivity contribution in [1.82, 2.24) is 9.80 Å². The van der Waals surface area contributed by atoms with Gasteiger partial charge in [0.15, 0.2) is 0 Å². The van der Waals surface area contributed by atoms with Gasteiger partial charge < -0.3 is 19.3 Å². The molecule has 0 N–H and O–H groups in total. The second-order valence-electron chi connectivity index (χ2n) is 7.50. The molecule has 2 fully saturated rings. The minimum atomic E-state index is 0.209. The molecular formula is C20H30N2O3. The van der Waals surface area contributed by atoms with Gasteiger partial charge in [0.1, 0.15) is 5.75 Å². The number of carbonyl (C=O) groups is 1. The van der Waals surface area contributed by atoms with Crippen molar-refractivity contribution < 1.29 is 14.3 Å². The Morgan fingerprint density at radius 1 is 1.24 bits per heavy atom. The van der Waals surface area contributed by atoms with Crippen molar-refractivity contribution in [3.8, 4) is 5.75 Å². The standard InChI is InChI=1S/C20H30N2O3/c1-21-14-17(15-24-2)20(16-21)9-11-22(12-10-20)19(23)8-13-25-18-6-4-3-5-7-18/h3-7,17H,8-16H2,1-2H3. The van der Waals surface area contributed by atoms with Gasteiger partial charge in [0.25, 0.3) is 0 Å². The van der Waals surface area contributed by atoms with Crippen LogP contribution in [0.5, 0.6) is 5.75 Å². The fraction of sp³-hybridized carbons (Fsp3) is 0.650. The molecule has 25 heavy (non-hydrogen) atoms. The molecule has 0 aliphatic carbocycles. The number of rotatable bonds is 6. The lowest BCUT2D eigenvalue weighted by Crippen LogP contribution is -2.47. The molecule has 138 valence electrons. The lowest BCUT2D eigenvalue weighted by molar-refractivity contribution is -0.134. The van der Waals surface area contributed by atoms with Crippen LogP contribution in [0.3, 0.4) is 0 Å². The molecule has 3 rings (SSSR count). The second-order valence-corrected chi connectivity index (χ2v) is 7.50. The maximum Gasteiger partial charge on any atom is 0.225 e. The summed E-state index contributed by atoms with van der Waals surface area (Å²) in [6, 6.07) is 9.68. The van der Waals surface area contributed by atoms with Gasteiger partial charge in [-0.1, -0.05) is 18.2 Å². The van der Waals surface area contributed by atoms with E-state index >= 15 is 0 Å². The molecule has 1 aromatic carbocycles. The number of methoxy groups -OCH3 is 1. The van der Waals surface area contributed by atoms with E-state index in [9.17, 15) is 4.79 Å². The van der Waals surface area contributed by atoms with Gasteiger partial charge in [0.05, 0.1) is 19.6 Å². The summed E-state index contributed by atoms with van der Waals surface area (Å²) in [5.41, 5.74) is 0.322. The lowest BCUT2D eigenvalue weighted by atomic mass is 9.71. The van der Waals surface area contributed by atoms with E-state index < -0.39 is 0 Å². The molecule has 0 bridgehead atoms. The first kappa shape index (κ1) is 18.2. The van der Waals surface area contributed by atoms with Crippen molar-refractivity contribution in [3.63, 3.8) is 0 Å². The van der Waals surface area contributed by atoms with Crippen LogP contribution in [0.15, 0.2) is 30.3 Å². The molecule has 1 spiro atoms. The normalized spacial score (nSPS) is 23.1. The first-order chi connectivity index (χ1) is 12.1. The molecule has 2 saturated heterocycles. The number of hydrogen-bond acceptors (Lipinski definition) is 4. The van der Waals surface area contributed by atoms with Crippen molar-refractivity contribution >= 4 is 5.91 Å². The Kier molecular flexibility index (Phi) is 5.97. The summed E-state index contributed by atoms with van der Waals surface area (Å²) in [5.74, 6) is 1.62. The first-order valence-electron chi connectivity index (χ1n) is 9.26. The third-order valence-electron chi connectivity index (χ3n) is 5.79. The van der Waals surface area contributed by atoms with Crippen LogP contribution in [0, 0.1) is 11.3 Å². The highest BCUT2D eigenvalue weighted by Crippen LogP contribution is 2.44. The van der Waals surface area contributed by atoms with Crippen molar-refractivity contribution in [2.75, 3.05) is 53.6 Å². The Morgan fingerprint density at radius 3 is 2.64 bits per heavy atom. The molecule has 0 saturated carbocycles. The Hall–Kier alpha value is -1.59. The van der Waals surface area contributed by atoms with E-state index in [2.05, 4.69) is 11.9 Å². The maximum absolute atomic E-state index is 12.5. The predicted octanol–water partition coefficient (Wildman–Crippen LogP) is 2.27. The molecule has 5 nitrogen and oxygen atoms in total. The van der Waals surface area contributed by atoms with Crippen molar-refractivity contribution in [2.45, 2.75) is 19.3 Å². The van der Waals surface area contributed by atoms with Gasteiger partial charge in [-0.3, -0.25) is 4.79 Å². The predicted molar refractivity (Wildman–Crippen MR) is 97.7 cm³/mol. The SMILES string of the molecule is COCC1CN(C)CC12CCN(C(=O)CCOc1ccccc1)CC2. The number of para-hydroxylation sites is 1. The van der Waals surface area contributed by atoms with E-state index in [0.29, 0.717) is 24.4 Å². The lowest BCUT2D eigenvalue weighted by Gasteiger charge is -2.42. The quantitative estimate of drug-likeness (QED) is 0.792. The van der Waals surface area contributed by atoms with Gasteiger partial charge in [-0.15, -0.1) is 0 Å². The Labute approximate surface area is 150 Å². The number of carbonyl (C=O) groups excluding carboxylic acids is 1. The number of ether oxygens (including phenoxy) is 2. The average Bonchev–Trinajstić information content (AvgIpc) is 2.91. The highest BCUT2D eigenvalue weighted by atomic mass is 16.5. The van der Waals surface area contributed by atoms with Crippen LogP contribution >= 0.6 is 0 Å². The van der Waals surface area contributed by atoms with Crippen molar-refractivity contribution in [1.29, 1.82) is 0 Å². The summed E-state index contributed by atoms with van der Waals surface area (Å²) in [6.07, 6.45) is 2.61. The van der Waals surface area contributed by atoms with Crippen molar-refractivity contribution in [2.24, 2.45) is 11.3 Å². The van der Waals surface area contributed by atoms with E-state index in [1.165, 1.54) is 0 Å². The summed E-state index contributed by atoms with van der Waals surface area (Å²) in [4.78, 5) is 16.9. The number of likely N-dealkylation sites (tertiary alicyclic amines) is 2. The van der Waals surface area contributed by atoms with Gasteiger partial charge in [-0.05, 0) is 37.4 Å². The minimum absolute atomic E-state index is 0.209. The molecule has 1 aromatic rings. The minimum Gasteiger partial charge on any atom is -0.493 e. The largest absolute Gasteiger partial charge is 0.493 e. The maximum atomic E-state index is 12.5. The second kappa shape index (κ2) is 8.19. The summed E-state index contributed by atoms with van der Waals surface area (Å²) >= 11 is 0. The number of nitrogens with zero attached hydrogens (tertiary/aromatic N) is 2. The molecule has 0 aromatic heterocycles. The van der Waals surface area contributed by atoms with Crippen LogP contribution < -0.4 is 4.74 Å². The van der Waals surface area contributed by atoms with Gasteiger partial charge >= 0.3 is 0 Å². The van der Waals surface area contributed by atoms with Gasteiger partial charge in [0.2, 0.25) is 5.91 Å². The van der Waals surface area contributed by atoms with Crippen LogP contribution in [0.1, 0.15) is 19.3 Å². The zero-order valence-corrected chi connectivity index (χ0v) is 15.4. The Morgan fingerprint density at radius 2 is 1.96 bits per heavy atom. The van der Waals surface area contributed by atoms with E-state index in [1.807, 2.05) is 35.2 Å². The van der Waals surface area contributed by atoms with Crippen LogP contribution in [0.2, 0.25) is 0 Å². The topological polar surface area (TPSA) is 42.0 Å². The van der Waals surface area contributed by atoms with Crippen molar-refractivity contribution in [3.05, 3.63) is 30.3 Å². The summed E-state index contributed by atoms with van der Waals surface area (Å²) in [5, 5.41) is 0. The molecular weight excluding hydrogens is 316 g/mol. The van der Waals surface area contributed by atoms with Crippen LogP contribution in [0.25, 0.3) is 0 Å². The monoisotopic (exact) mass is 346 g/mol. The highest BCUT2D eigenvalue weighted by molar-refractivity contribution is 5.76. The fourth-order valence-electron chi connectivity index (χ4n) is 4.43. The molecule has 2 aliphatic rings. The third-order valence-corrected chi connectivity index (χ3v) is 5.79. The summed E-state index contributed by atoms with van der Waals surface area (Å²) in [6.45, 7) is 5.21. The smallest absolute Gasteiger partial charge is 0.225 e. The van der Waals surface area contributed by atoms with Crippen LogP contribution in [-0.4, -0.2) is 69.3 Å². The van der Waals surface area contributed by atoms with Gasteiger partial charge in [-0.25, -0.2) is 0 Å². The molecule has 5 heteroatoms. The Bertz CT molecular complexity index is 555. The van der Waals surface area contributed by atoms with E-state index in [1.54, 1.807) is 7.11 Å². The molecule has 1 atom stereocenters. The highest BCUT2D eigenvalue weighted by Gasteiger charge is 2.47. The number of amides is 1. The molecule has 2 heterocycles. The zero-order valence-electron chi connectivity index (χ0n) is 15.4. The first-order valence-corrected chi connectivity index (χ1v) is 9.26. The molecule has 1 amide bonds. The number of benzene rings is 1. The Balaban J connectivity index is 1.46. The summed E-state index contributed by atoms with van der Waals surface area (Å²) in [7, 11) is 3.98. The molecule has 0 radical (unpaired) electrons. The van der Waals surface area contributed by atoms with Crippen LogP contribution in [-0.2, 0) is 9.53 Å². The van der Waals surface area contributed by atoms with Crippen LogP contribution in [0.4, 0.5) is 0 Å². The number of hydrogen-bond donors (Lipinski definition) is 0. The number of piperidine rings is 1. The van der Waals surface area contributed by atoms with Gasteiger partial charge in [-0.2, -0.15) is 0 Å². The van der Waals surface area contributed by atoms with Gasteiger partial charge in [0, 0.05) is 39.2 Å². The molecule has 2 aliphatic heterocycles. The molecule has 1 unspecified atom stereocenters. The average molecular weight is 346 g/mol. The fourth-order valence-corrected chi connectivity index (χ4v) is 4.43.